The molecule has 2 aromatic carbocycles. The molecule has 2 atom stereocenters. The highest BCUT2D eigenvalue weighted by Crippen LogP contribution is 2.38. The molecule has 0 bridgehead atoms. The van der Waals surface area contributed by atoms with Crippen molar-refractivity contribution < 1.29 is 9.53 Å². The maximum atomic E-state index is 12.8. The first-order valence-corrected chi connectivity index (χ1v) is 9.56. The molecular weight excluding hydrogens is 358 g/mol. The molecule has 5 nitrogen and oxygen atoms in total. The van der Waals surface area contributed by atoms with Gasteiger partial charge in [0.15, 0.2) is 5.11 Å². The lowest BCUT2D eigenvalue weighted by Crippen LogP contribution is -2.56. The van der Waals surface area contributed by atoms with Crippen LogP contribution in [0.4, 0.5) is 5.69 Å². The molecule has 0 spiro atoms. The number of anilines is 1. The van der Waals surface area contributed by atoms with Gasteiger partial charge in [0.05, 0.1) is 25.4 Å². The molecule has 2 aliphatic heterocycles. The molecule has 0 aliphatic carbocycles. The van der Waals surface area contributed by atoms with E-state index in [4.69, 9.17) is 17.0 Å². The van der Waals surface area contributed by atoms with Gasteiger partial charge in [0.2, 0.25) is 5.91 Å². The predicted octanol–water partition coefficient (Wildman–Crippen LogP) is 3.39. The lowest BCUT2D eigenvalue weighted by atomic mass is 9.85. The average molecular weight is 382 g/mol. The first-order valence-electron chi connectivity index (χ1n) is 9.15. The number of para-hydroxylation sites is 2. The van der Waals surface area contributed by atoms with Crippen LogP contribution >= 0.6 is 12.2 Å². The SMILES string of the molecule is COc1ccccc1NC(=S)N1CC(=O)N2C[C@@H](C)c3ccccc3[C@@H]2C1. The van der Waals surface area contributed by atoms with Gasteiger partial charge < -0.3 is 19.9 Å². The number of piperazine rings is 1. The minimum atomic E-state index is 0.0380. The summed E-state index contributed by atoms with van der Waals surface area (Å²) in [5.41, 5.74) is 3.36. The monoisotopic (exact) mass is 381 g/mol. The van der Waals surface area contributed by atoms with Crippen LogP contribution in [0.25, 0.3) is 0 Å². The Labute approximate surface area is 164 Å². The Morgan fingerprint density at radius 1 is 1.11 bits per heavy atom. The highest BCUT2D eigenvalue weighted by Gasteiger charge is 2.39. The maximum absolute atomic E-state index is 12.8. The third-order valence-corrected chi connectivity index (χ3v) is 5.77. The topological polar surface area (TPSA) is 44.8 Å². The van der Waals surface area contributed by atoms with Crippen molar-refractivity contribution in [1.82, 2.24) is 9.80 Å². The second-order valence-electron chi connectivity index (χ2n) is 7.10. The molecular formula is C21H23N3O2S. The van der Waals surface area contributed by atoms with Gasteiger partial charge in [0.1, 0.15) is 5.75 Å². The van der Waals surface area contributed by atoms with Crippen LogP contribution in [0, 0.1) is 0 Å². The van der Waals surface area contributed by atoms with Crippen LogP contribution in [0.1, 0.15) is 30.0 Å². The zero-order chi connectivity index (χ0) is 19.0. The van der Waals surface area contributed by atoms with Crippen LogP contribution in [-0.4, -0.2) is 47.6 Å². The molecule has 1 fully saturated rings. The minimum absolute atomic E-state index is 0.0380. The molecule has 4 rings (SSSR count). The van der Waals surface area contributed by atoms with Crippen molar-refractivity contribution >= 4 is 28.9 Å². The Morgan fingerprint density at radius 2 is 1.81 bits per heavy atom. The number of nitrogens with zero attached hydrogens (tertiary/aromatic N) is 2. The van der Waals surface area contributed by atoms with Crippen LogP contribution in [0.3, 0.4) is 0 Å². The van der Waals surface area contributed by atoms with Crippen LogP contribution in [0.2, 0.25) is 0 Å². The Balaban J connectivity index is 1.57. The van der Waals surface area contributed by atoms with E-state index in [9.17, 15) is 4.79 Å². The van der Waals surface area contributed by atoms with E-state index < -0.39 is 0 Å². The molecule has 2 aliphatic rings. The van der Waals surface area contributed by atoms with Crippen molar-refractivity contribution in [2.75, 3.05) is 32.1 Å². The van der Waals surface area contributed by atoms with Gasteiger partial charge in [0, 0.05) is 13.1 Å². The van der Waals surface area contributed by atoms with E-state index in [-0.39, 0.29) is 11.9 Å². The average Bonchev–Trinajstić information content (AvgIpc) is 2.69. The minimum Gasteiger partial charge on any atom is -0.495 e. The van der Waals surface area contributed by atoms with Crippen molar-refractivity contribution in [3.63, 3.8) is 0 Å². The van der Waals surface area contributed by atoms with Gasteiger partial charge in [-0.25, -0.2) is 0 Å². The smallest absolute Gasteiger partial charge is 0.242 e. The summed E-state index contributed by atoms with van der Waals surface area (Å²) in [5, 5.41) is 3.79. The largest absolute Gasteiger partial charge is 0.495 e. The number of nitrogens with one attached hydrogen (secondary N) is 1. The number of amides is 1. The first-order chi connectivity index (χ1) is 13.1. The van der Waals surface area contributed by atoms with Gasteiger partial charge in [-0.2, -0.15) is 0 Å². The number of fused-ring (bicyclic) bond motifs is 3. The van der Waals surface area contributed by atoms with Crippen LogP contribution in [0.15, 0.2) is 48.5 Å². The van der Waals surface area contributed by atoms with E-state index in [1.165, 1.54) is 11.1 Å². The summed E-state index contributed by atoms with van der Waals surface area (Å²) < 4.78 is 5.38. The third kappa shape index (κ3) is 3.25. The van der Waals surface area contributed by atoms with E-state index >= 15 is 0 Å². The Hall–Kier alpha value is -2.60. The summed E-state index contributed by atoms with van der Waals surface area (Å²) in [4.78, 5) is 16.8. The zero-order valence-corrected chi connectivity index (χ0v) is 16.3. The molecule has 0 aromatic heterocycles. The quantitative estimate of drug-likeness (QED) is 0.808. The van der Waals surface area contributed by atoms with Gasteiger partial charge in [-0.05, 0) is 41.4 Å². The van der Waals surface area contributed by atoms with Crippen molar-refractivity contribution in [2.24, 2.45) is 0 Å². The fourth-order valence-corrected chi connectivity index (χ4v) is 4.30. The standard InChI is InChI=1S/C21H23N3O2S/c1-14-11-24-18(16-8-4-3-7-15(14)16)12-23(13-20(24)25)21(27)22-17-9-5-6-10-19(17)26-2/h3-10,14,18H,11-13H2,1-2H3,(H,22,27)/t14-,18+/m1/s1. The molecule has 0 saturated carbocycles. The van der Waals surface area contributed by atoms with Crippen LogP contribution in [-0.2, 0) is 4.79 Å². The molecule has 1 N–H and O–H groups in total. The number of thiocarbonyl (C=S) groups is 1. The number of benzene rings is 2. The summed E-state index contributed by atoms with van der Waals surface area (Å²) in [6, 6.07) is 16.1. The van der Waals surface area contributed by atoms with Gasteiger partial charge in [0.25, 0.3) is 0 Å². The molecule has 1 amide bonds. The molecule has 2 aromatic rings. The number of ether oxygens (including phenoxy) is 1. The summed E-state index contributed by atoms with van der Waals surface area (Å²) in [7, 11) is 1.63. The van der Waals surface area contributed by atoms with Crippen LogP contribution in [0.5, 0.6) is 5.75 Å². The number of carbonyl (C=O) groups excluding carboxylic acids is 1. The van der Waals surface area contributed by atoms with Gasteiger partial charge in [-0.3, -0.25) is 4.79 Å². The first kappa shape index (κ1) is 17.8. The van der Waals surface area contributed by atoms with Gasteiger partial charge in [-0.15, -0.1) is 0 Å². The zero-order valence-electron chi connectivity index (χ0n) is 15.5. The molecule has 140 valence electrons. The number of hydrogen-bond acceptors (Lipinski definition) is 3. The van der Waals surface area contributed by atoms with Crippen molar-refractivity contribution in [2.45, 2.75) is 18.9 Å². The lowest BCUT2D eigenvalue weighted by Gasteiger charge is -2.47. The number of carbonyl (C=O) groups is 1. The van der Waals surface area contributed by atoms with E-state index in [2.05, 4.69) is 30.4 Å². The summed E-state index contributed by atoms with van der Waals surface area (Å²) in [6.07, 6.45) is 0. The summed E-state index contributed by atoms with van der Waals surface area (Å²) in [5.74, 6) is 1.20. The highest BCUT2D eigenvalue weighted by atomic mass is 32.1. The van der Waals surface area contributed by atoms with Crippen molar-refractivity contribution in [1.29, 1.82) is 0 Å². The number of methoxy groups -OCH3 is 1. The molecule has 2 heterocycles. The number of hydrogen-bond donors (Lipinski definition) is 1. The molecule has 6 heteroatoms. The second kappa shape index (κ2) is 7.19. The molecule has 1 saturated heterocycles. The Morgan fingerprint density at radius 3 is 2.59 bits per heavy atom. The molecule has 0 radical (unpaired) electrons. The lowest BCUT2D eigenvalue weighted by molar-refractivity contribution is -0.139. The van der Waals surface area contributed by atoms with E-state index in [0.29, 0.717) is 24.1 Å². The highest BCUT2D eigenvalue weighted by molar-refractivity contribution is 7.80. The fourth-order valence-electron chi connectivity index (χ4n) is 4.05. The third-order valence-electron chi connectivity index (χ3n) is 5.41. The Kier molecular flexibility index (Phi) is 4.74. The fraction of sp³-hybridized carbons (Fsp3) is 0.333. The van der Waals surface area contributed by atoms with Gasteiger partial charge >= 0.3 is 0 Å². The number of rotatable bonds is 2. The van der Waals surface area contributed by atoms with Crippen molar-refractivity contribution in [3.05, 3.63) is 59.7 Å². The van der Waals surface area contributed by atoms with Crippen LogP contribution < -0.4 is 10.1 Å². The van der Waals surface area contributed by atoms with Gasteiger partial charge in [-0.1, -0.05) is 43.3 Å². The van der Waals surface area contributed by atoms with E-state index in [1.807, 2.05) is 40.1 Å². The van der Waals surface area contributed by atoms with Crippen molar-refractivity contribution in [3.8, 4) is 5.75 Å². The summed E-state index contributed by atoms with van der Waals surface area (Å²) >= 11 is 5.62. The normalized spacial score (nSPS) is 21.3. The Bertz CT molecular complexity index is 885. The maximum Gasteiger partial charge on any atom is 0.242 e. The summed E-state index contributed by atoms with van der Waals surface area (Å²) in [6.45, 7) is 3.94. The molecule has 0 unspecified atom stereocenters. The second-order valence-corrected chi connectivity index (χ2v) is 7.49. The predicted molar refractivity (Wildman–Crippen MR) is 110 cm³/mol. The van der Waals surface area contributed by atoms with E-state index in [1.54, 1.807) is 7.11 Å². The van der Waals surface area contributed by atoms with E-state index in [0.717, 1.165) is 18.0 Å². The molecule has 27 heavy (non-hydrogen) atoms.